The summed E-state index contributed by atoms with van der Waals surface area (Å²) in [5.41, 5.74) is 15.2. The fourth-order valence-electron chi connectivity index (χ4n) is 6.77. The van der Waals surface area contributed by atoms with Gasteiger partial charge in [-0.25, -0.2) is 0 Å². The van der Waals surface area contributed by atoms with E-state index in [0.29, 0.717) is 0 Å². The van der Waals surface area contributed by atoms with Gasteiger partial charge in [-0.05, 0) is 89.3 Å². The summed E-state index contributed by atoms with van der Waals surface area (Å²) in [6.45, 7) is 4.77. The first kappa shape index (κ1) is 19.9. The minimum Gasteiger partial charge on any atom is -0.398 e. The SMILES string of the molecule is CC1(C)c2cc(-c3cccc4ccccc34)ccc2-c2ccc3cc(N)c4cccc5cc1c2c3c54. The monoisotopic (exact) mass is 459 g/mol. The van der Waals surface area contributed by atoms with Crippen LogP contribution in [0.4, 0.5) is 5.69 Å². The highest BCUT2D eigenvalue weighted by Gasteiger charge is 2.35. The summed E-state index contributed by atoms with van der Waals surface area (Å²) in [5.74, 6) is 0. The maximum Gasteiger partial charge on any atom is 0.0400 e. The van der Waals surface area contributed by atoms with E-state index in [2.05, 4.69) is 117 Å². The summed E-state index contributed by atoms with van der Waals surface area (Å²) < 4.78 is 0. The first-order valence-electron chi connectivity index (χ1n) is 12.7. The average Bonchev–Trinajstić information content (AvgIpc) is 2.91. The summed E-state index contributed by atoms with van der Waals surface area (Å²) in [4.78, 5) is 0. The predicted octanol–water partition coefficient (Wildman–Crippen LogP) is 9.29. The van der Waals surface area contributed by atoms with Gasteiger partial charge in [-0.1, -0.05) is 98.8 Å². The van der Waals surface area contributed by atoms with E-state index in [1.165, 1.54) is 71.1 Å². The van der Waals surface area contributed by atoms with Crippen molar-refractivity contribution in [1.82, 2.24) is 0 Å². The highest BCUT2D eigenvalue weighted by Crippen LogP contribution is 2.53. The van der Waals surface area contributed by atoms with Crippen LogP contribution in [0.3, 0.4) is 0 Å². The molecule has 0 fully saturated rings. The van der Waals surface area contributed by atoms with Gasteiger partial charge in [-0.2, -0.15) is 0 Å². The third-order valence-electron chi connectivity index (χ3n) is 8.53. The Morgan fingerprint density at radius 1 is 0.500 bits per heavy atom. The lowest BCUT2D eigenvalue weighted by atomic mass is 9.67. The van der Waals surface area contributed by atoms with Crippen molar-refractivity contribution in [2.24, 2.45) is 0 Å². The molecule has 1 heteroatoms. The molecule has 1 aliphatic carbocycles. The third-order valence-corrected chi connectivity index (χ3v) is 8.53. The molecule has 0 bridgehead atoms. The fourth-order valence-corrected chi connectivity index (χ4v) is 6.77. The Kier molecular flexibility index (Phi) is 3.67. The van der Waals surface area contributed by atoms with Crippen LogP contribution in [0.2, 0.25) is 0 Å². The third kappa shape index (κ3) is 2.40. The van der Waals surface area contributed by atoms with E-state index in [9.17, 15) is 0 Å². The van der Waals surface area contributed by atoms with Crippen LogP contribution in [0.1, 0.15) is 25.0 Å². The van der Waals surface area contributed by atoms with E-state index >= 15 is 0 Å². The van der Waals surface area contributed by atoms with Gasteiger partial charge in [0, 0.05) is 16.5 Å². The van der Waals surface area contributed by atoms with Crippen molar-refractivity contribution in [2.45, 2.75) is 19.3 Å². The molecule has 8 rings (SSSR count). The summed E-state index contributed by atoms with van der Waals surface area (Å²) in [6, 6.07) is 38.0. The highest BCUT2D eigenvalue weighted by atomic mass is 14.6. The molecule has 2 N–H and O–H groups in total. The maximum absolute atomic E-state index is 6.51. The van der Waals surface area contributed by atoms with Crippen molar-refractivity contribution in [2.75, 3.05) is 5.73 Å². The minimum atomic E-state index is -0.140. The van der Waals surface area contributed by atoms with Crippen LogP contribution in [0.25, 0.3) is 65.3 Å². The van der Waals surface area contributed by atoms with Gasteiger partial charge in [0.15, 0.2) is 0 Å². The summed E-state index contributed by atoms with van der Waals surface area (Å²) in [7, 11) is 0. The zero-order valence-corrected chi connectivity index (χ0v) is 20.4. The van der Waals surface area contributed by atoms with E-state index in [1.807, 2.05) is 0 Å². The molecule has 0 radical (unpaired) electrons. The molecule has 0 aliphatic heterocycles. The van der Waals surface area contributed by atoms with Gasteiger partial charge in [0.05, 0.1) is 0 Å². The number of nitrogen functional groups attached to an aromatic ring is 1. The molecule has 0 saturated heterocycles. The largest absolute Gasteiger partial charge is 0.398 e. The van der Waals surface area contributed by atoms with Crippen molar-refractivity contribution in [1.29, 1.82) is 0 Å². The maximum atomic E-state index is 6.51. The zero-order chi connectivity index (χ0) is 24.2. The van der Waals surface area contributed by atoms with Gasteiger partial charge in [-0.3, -0.25) is 0 Å². The van der Waals surface area contributed by atoms with Crippen LogP contribution in [-0.2, 0) is 5.41 Å². The van der Waals surface area contributed by atoms with E-state index in [0.717, 1.165) is 11.1 Å². The molecule has 1 nitrogen and oxygen atoms in total. The molecule has 0 heterocycles. The van der Waals surface area contributed by atoms with Gasteiger partial charge in [0.1, 0.15) is 0 Å². The van der Waals surface area contributed by atoms with Crippen molar-refractivity contribution in [3.05, 3.63) is 114 Å². The van der Waals surface area contributed by atoms with Crippen LogP contribution in [0.15, 0.2) is 103 Å². The van der Waals surface area contributed by atoms with Crippen LogP contribution in [0, 0.1) is 0 Å². The standard InChI is InChI=1S/C35H25N/c1-35(2)29-17-21(25-11-5-8-20-7-3-4-10-24(20)25)13-15-26(29)27-16-14-23-19-31(36)28-12-6-9-22-18-30(35)34(27)33(23)32(22)28/h3-19H,36H2,1-2H3. The van der Waals surface area contributed by atoms with Crippen molar-refractivity contribution in [3.63, 3.8) is 0 Å². The van der Waals surface area contributed by atoms with E-state index in [1.54, 1.807) is 0 Å². The van der Waals surface area contributed by atoms with Crippen molar-refractivity contribution >= 4 is 48.8 Å². The number of rotatable bonds is 1. The fraction of sp³-hybridized carbons (Fsp3) is 0.0857. The zero-order valence-electron chi connectivity index (χ0n) is 20.4. The summed E-state index contributed by atoms with van der Waals surface area (Å²) in [5, 5.41) is 10.2. The Morgan fingerprint density at radius 2 is 1.22 bits per heavy atom. The number of hydrogen-bond donors (Lipinski definition) is 1. The topological polar surface area (TPSA) is 26.0 Å². The highest BCUT2D eigenvalue weighted by molar-refractivity contribution is 6.29. The molecule has 7 aromatic rings. The lowest BCUT2D eigenvalue weighted by molar-refractivity contribution is 0.646. The van der Waals surface area contributed by atoms with E-state index in [-0.39, 0.29) is 5.41 Å². The normalized spacial score (nSPS) is 14.2. The lowest BCUT2D eigenvalue weighted by Gasteiger charge is -2.36. The lowest BCUT2D eigenvalue weighted by Crippen LogP contribution is -2.24. The Balaban J connectivity index is 1.48. The molecule has 0 amide bonds. The number of benzene rings is 7. The molecule has 7 aromatic carbocycles. The van der Waals surface area contributed by atoms with Gasteiger partial charge >= 0.3 is 0 Å². The van der Waals surface area contributed by atoms with Crippen LogP contribution in [-0.4, -0.2) is 0 Å². The molecular weight excluding hydrogens is 434 g/mol. The van der Waals surface area contributed by atoms with E-state index < -0.39 is 0 Å². The predicted molar refractivity (Wildman–Crippen MR) is 155 cm³/mol. The Labute approximate surface area is 210 Å². The van der Waals surface area contributed by atoms with Crippen LogP contribution < -0.4 is 5.73 Å². The Morgan fingerprint density at radius 3 is 2.14 bits per heavy atom. The van der Waals surface area contributed by atoms with Gasteiger partial charge in [-0.15, -0.1) is 0 Å². The second kappa shape index (κ2) is 6.65. The smallest absolute Gasteiger partial charge is 0.0400 e. The first-order chi connectivity index (χ1) is 17.5. The Bertz CT molecular complexity index is 2020. The summed E-state index contributed by atoms with van der Waals surface area (Å²) >= 11 is 0. The molecule has 1 aliphatic rings. The number of hydrogen-bond acceptors (Lipinski definition) is 1. The van der Waals surface area contributed by atoms with Crippen LogP contribution in [0.5, 0.6) is 0 Å². The van der Waals surface area contributed by atoms with Gasteiger partial charge in [0.2, 0.25) is 0 Å². The molecule has 0 aromatic heterocycles. The molecule has 170 valence electrons. The van der Waals surface area contributed by atoms with Crippen molar-refractivity contribution in [3.8, 4) is 22.3 Å². The summed E-state index contributed by atoms with van der Waals surface area (Å²) in [6.07, 6.45) is 0. The second-order valence-electron chi connectivity index (χ2n) is 10.8. The minimum absolute atomic E-state index is 0.140. The molecule has 0 unspecified atom stereocenters. The van der Waals surface area contributed by atoms with Crippen molar-refractivity contribution < 1.29 is 0 Å². The average molecular weight is 460 g/mol. The van der Waals surface area contributed by atoms with E-state index in [4.69, 9.17) is 5.73 Å². The number of anilines is 1. The first-order valence-corrected chi connectivity index (χ1v) is 12.7. The molecule has 0 spiro atoms. The molecule has 36 heavy (non-hydrogen) atoms. The van der Waals surface area contributed by atoms with Crippen LogP contribution >= 0.6 is 0 Å². The number of fused-ring (bicyclic) bond motifs is 3. The molecule has 0 atom stereocenters. The molecule has 0 saturated carbocycles. The van der Waals surface area contributed by atoms with Gasteiger partial charge < -0.3 is 5.73 Å². The quantitative estimate of drug-likeness (QED) is 0.192. The number of nitrogens with two attached hydrogens (primary N) is 1. The molecular formula is C35H25N. The Hall–Kier alpha value is -4.36. The van der Waals surface area contributed by atoms with Gasteiger partial charge in [0.25, 0.3) is 0 Å². The second-order valence-corrected chi connectivity index (χ2v) is 10.8.